The highest BCUT2D eigenvalue weighted by Crippen LogP contribution is 2.21. The topological polar surface area (TPSA) is 78.7 Å². The number of aromatic amines is 1. The fourth-order valence-electron chi connectivity index (χ4n) is 1.55. The van der Waals surface area contributed by atoms with Crippen LogP contribution in [0.25, 0.3) is 0 Å². The number of unbranched alkanes of at least 4 members (excludes halogenated alkanes) is 1. The summed E-state index contributed by atoms with van der Waals surface area (Å²) < 4.78 is 14.1. The van der Waals surface area contributed by atoms with E-state index in [-0.39, 0.29) is 5.41 Å². The predicted octanol–water partition coefficient (Wildman–Crippen LogP) is 1.40. The van der Waals surface area contributed by atoms with Crippen LogP contribution in [0.15, 0.2) is 15.8 Å². The molecule has 0 saturated carbocycles. The summed E-state index contributed by atoms with van der Waals surface area (Å²) in [5, 5.41) is 8.83. The van der Waals surface area contributed by atoms with Crippen molar-refractivity contribution in [2.24, 2.45) is 5.41 Å². The Morgan fingerprint density at radius 1 is 1.44 bits per heavy atom. The van der Waals surface area contributed by atoms with Gasteiger partial charge in [0.2, 0.25) is 5.82 Å². The van der Waals surface area contributed by atoms with Crippen LogP contribution in [0.2, 0.25) is 0 Å². The average Bonchev–Trinajstić information content (AvgIpc) is 2.31. The number of hydrogen-bond donors (Lipinski definition) is 1. The van der Waals surface area contributed by atoms with Gasteiger partial charge in [-0.25, -0.2) is 4.79 Å². The zero-order valence-corrected chi connectivity index (χ0v) is 10.5. The Labute approximate surface area is 104 Å². The summed E-state index contributed by atoms with van der Waals surface area (Å²) in [6.07, 6.45) is 3.03. The second-order valence-corrected chi connectivity index (χ2v) is 4.88. The summed E-state index contributed by atoms with van der Waals surface area (Å²) in [4.78, 5) is 24.0. The van der Waals surface area contributed by atoms with Gasteiger partial charge in [-0.2, -0.15) is 9.65 Å². The van der Waals surface area contributed by atoms with E-state index in [9.17, 15) is 14.0 Å². The first-order valence-corrected chi connectivity index (χ1v) is 5.76. The monoisotopic (exact) mass is 253 g/mol. The number of nitrogens with one attached hydrogen (secondary N) is 1. The Morgan fingerprint density at radius 3 is 2.72 bits per heavy atom. The molecule has 0 aromatic carbocycles. The Kier molecular flexibility index (Phi) is 4.43. The molecule has 0 saturated heterocycles. The van der Waals surface area contributed by atoms with Crippen molar-refractivity contribution in [1.29, 1.82) is 5.26 Å². The Morgan fingerprint density at radius 2 is 2.11 bits per heavy atom. The lowest BCUT2D eigenvalue weighted by atomic mass is 9.89. The molecule has 0 aliphatic carbocycles. The summed E-state index contributed by atoms with van der Waals surface area (Å²) in [5.74, 6) is -0.966. The summed E-state index contributed by atoms with van der Waals surface area (Å²) in [6.45, 7) is 4.02. The van der Waals surface area contributed by atoms with Gasteiger partial charge in [-0.05, 0) is 26.7 Å². The van der Waals surface area contributed by atoms with Crippen LogP contribution >= 0.6 is 0 Å². The molecule has 0 unspecified atom stereocenters. The molecule has 1 aromatic rings. The summed E-state index contributed by atoms with van der Waals surface area (Å²) in [7, 11) is 0. The molecule has 5 nitrogen and oxygen atoms in total. The molecule has 1 aromatic heterocycles. The SMILES string of the molecule is CC(C)(C#N)CCCCn1cc(F)c(=O)[nH]c1=O. The number of aryl methyl sites for hydroxylation is 1. The maximum Gasteiger partial charge on any atom is 0.328 e. The van der Waals surface area contributed by atoms with Gasteiger partial charge in [-0.15, -0.1) is 0 Å². The van der Waals surface area contributed by atoms with Gasteiger partial charge in [-0.1, -0.05) is 6.42 Å². The summed E-state index contributed by atoms with van der Waals surface area (Å²) in [6, 6.07) is 2.19. The lowest BCUT2D eigenvalue weighted by molar-refractivity contribution is 0.412. The number of H-pyrrole nitrogens is 1. The first-order valence-electron chi connectivity index (χ1n) is 5.76. The lowest BCUT2D eigenvalue weighted by Gasteiger charge is -2.14. The minimum Gasteiger partial charge on any atom is -0.298 e. The third-order valence-electron chi connectivity index (χ3n) is 2.72. The predicted molar refractivity (Wildman–Crippen MR) is 64.5 cm³/mol. The maximum atomic E-state index is 13.0. The zero-order chi connectivity index (χ0) is 13.8. The molecule has 0 radical (unpaired) electrons. The highest BCUT2D eigenvalue weighted by atomic mass is 19.1. The number of nitrogens with zero attached hydrogens (tertiary/aromatic N) is 2. The van der Waals surface area contributed by atoms with Crippen LogP contribution in [0.5, 0.6) is 0 Å². The van der Waals surface area contributed by atoms with E-state index in [1.165, 1.54) is 0 Å². The normalized spacial score (nSPS) is 11.2. The van der Waals surface area contributed by atoms with Crippen LogP contribution in [0.1, 0.15) is 33.1 Å². The van der Waals surface area contributed by atoms with E-state index in [0.717, 1.165) is 17.2 Å². The molecule has 0 bridgehead atoms. The molecule has 0 atom stereocenters. The molecule has 0 amide bonds. The molecule has 1 heterocycles. The largest absolute Gasteiger partial charge is 0.328 e. The van der Waals surface area contributed by atoms with Crippen LogP contribution in [-0.2, 0) is 6.54 Å². The maximum absolute atomic E-state index is 13.0. The van der Waals surface area contributed by atoms with Gasteiger partial charge in [0, 0.05) is 6.54 Å². The third kappa shape index (κ3) is 3.84. The van der Waals surface area contributed by atoms with Gasteiger partial charge in [0.15, 0.2) is 0 Å². The highest BCUT2D eigenvalue weighted by Gasteiger charge is 2.15. The van der Waals surface area contributed by atoms with Gasteiger partial charge in [0.1, 0.15) is 0 Å². The zero-order valence-electron chi connectivity index (χ0n) is 10.5. The van der Waals surface area contributed by atoms with Crippen LogP contribution in [-0.4, -0.2) is 9.55 Å². The smallest absolute Gasteiger partial charge is 0.298 e. The van der Waals surface area contributed by atoms with E-state index in [1.54, 1.807) is 0 Å². The van der Waals surface area contributed by atoms with Crippen molar-refractivity contribution >= 4 is 0 Å². The summed E-state index contributed by atoms with van der Waals surface area (Å²) >= 11 is 0. The molecule has 6 heteroatoms. The fraction of sp³-hybridized carbons (Fsp3) is 0.583. The van der Waals surface area contributed by atoms with Gasteiger partial charge >= 0.3 is 5.69 Å². The van der Waals surface area contributed by atoms with Crippen molar-refractivity contribution in [2.45, 2.75) is 39.7 Å². The second kappa shape index (κ2) is 5.63. The molecule has 98 valence electrons. The van der Waals surface area contributed by atoms with E-state index in [4.69, 9.17) is 5.26 Å². The molecule has 0 aliphatic rings. The molecule has 0 fully saturated rings. The van der Waals surface area contributed by atoms with Crippen LogP contribution in [0, 0.1) is 22.6 Å². The summed E-state index contributed by atoms with van der Waals surface area (Å²) in [5.41, 5.74) is -2.00. The second-order valence-electron chi connectivity index (χ2n) is 4.88. The fourth-order valence-corrected chi connectivity index (χ4v) is 1.55. The molecular formula is C12H16FN3O2. The number of aromatic nitrogens is 2. The molecular weight excluding hydrogens is 237 g/mol. The Balaban J connectivity index is 2.56. The van der Waals surface area contributed by atoms with Gasteiger partial charge < -0.3 is 0 Å². The minimum absolute atomic E-state index is 0.327. The molecule has 0 aliphatic heterocycles. The Bertz CT molecular complexity index is 566. The number of halogens is 1. The average molecular weight is 253 g/mol. The highest BCUT2D eigenvalue weighted by molar-refractivity contribution is 4.91. The van der Waals surface area contributed by atoms with Gasteiger partial charge in [0.25, 0.3) is 5.56 Å². The van der Waals surface area contributed by atoms with Gasteiger partial charge in [0.05, 0.1) is 17.7 Å². The molecule has 18 heavy (non-hydrogen) atoms. The number of nitriles is 1. The van der Waals surface area contributed by atoms with Crippen molar-refractivity contribution in [2.75, 3.05) is 0 Å². The van der Waals surface area contributed by atoms with E-state index >= 15 is 0 Å². The Hall–Kier alpha value is -1.90. The van der Waals surface area contributed by atoms with E-state index in [1.807, 2.05) is 18.8 Å². The van der Waals surface area contributed by atoms with Crippen LogP contribution in [0.3, 0.4) is 0 Å². The van der Waals surface area contributed by atoms with E-state index in [2.05, 4.69) is 6.07 Å². The molecule has 0 spiro atoms. The van der Waals surface area contributed by atoms with Crippen molar-refractivity contribution in [3.8, 4) is 6.07 Å². The van der Waals surface area contributed by atoms with Gasteiger partial charge in [-0.3, -0.25) is 14.3 Å². The third-order valence-corrected chi connectivity index (χ3v) is 2.72. The quantitative estimate of drug-likeness (QED) is 0.805. The van der Waals surface area contributed by atoms with Crippen molar-refractivity contribution in [3.05, 3.63) is 32.9 Å². The van der Waals surface area contributed by atoms with Crippen molar-refractivity contribution in [3.63, 3.8) is 0 Å². The number of hydrogen-bond acceptors (Lipinski definition) is 3. The number of rotatable bonds is 5. The lowest BCUT2D eigenvalue weighted by Crippen LogP contribution is -2.31. The van der Waals surface area contributed by atoms with Crippen LogP contribution < -0.4 is 11.2 Å². The first-order chi connectivity index (χ1) is 8.35. The minimum atomic E-state index is -0.998. The standard InChI is InChI=1S/C12H16FN3O2/c1-12(2,8-14)5-3-4-6-16-7-9(13)10(17)15-11(16)18/h7H,3-6H2,1-2H3,(H,15,17,18). The van der Waals surface area contributed by atoms with E-state index < -0.39 is 17.1 Å². The van der Waals surface area contributed by atoms with Crippen LogP contribution in [0.4, 0.5) is 4.39 Å². The molecule has 1 N–H and O–H groups in total. The van der Waals surface area contributed by atoms with Crippen molar-refractivity contribution in [1.82, 2.24) is 9.55 Å². The first kappa shape index (κ1) is 14.2. The van der Waals surface area contributed by atoms with Crippen molar-refractivity contribution < 1.29 is 4.39 Å². The van der Waals surface area contributed by atoms with E-state index in [0.29, 0.717) is 19.4 Å². The molecule has 1 rings (SSSR count).